The van der Waals surface area contributed by atoms with Crippen molar-refractivity contribution in [2.45, 2.75) is 19.6 Å². The average molecular weight is 323 g/mol. The first-order chi connectivity index (χ1) is 9.04. The number of carbonyl (C=O) groups is 1. The molecule has 0 bridgehead atoms. The molecule has 1 aromatic carbocycles. The molecule has 1 heterocycles. The Morgan fingerprint density at radius 3 is 2.89 bits per heavy atom. The summed E-state index contributed by atoms with van der Waals surface area (Å²) in [5.74, 6) is -0.106. The van der Waals surface area contributed by atoms with E-state index < -0.39 is 6.10 Å². The summed E-state index contributed by atoms with van der Waals surface area (Å²) in [6.45, 7) is 1.92. The normalized spacial score (nSPS) is 12.2. The third-order valence-electron chi connectivity index (χ3n) is 2.69. The summed E-state index contributed by atoms with van der Waals surface area (Å²) in [5, 5.41) is 12.2. The van der Waals surface area contributed by atoms with Crippen molar-refractivity contribution in [3.63, 3.8) is 0 Å². The summed E-state index contributed by atoms with van der Waals surface area (Å²) < 4.78 is 2.66. The fourth-order valence-corrected chi connectivity index (χ4v) is 2.14. The van der Waals surface area contributed by atoms with Gasteiger partial charge in [-0.25, -0.2) is 0 Å². The fraction of sp³-hybridized carbons (Fsp3) is 0.214. The lowest BCUT2D eigenvalue weighted by molar-refractivity contribution is -0.116. The van der Waals surface area contributed by atoms with Crippen molar-refractivity contribution in [2.24, 2.45) is 0 Å². The van der Waals surface area contributed by atoms with E-state index in [0.29, 0.717) is 0 Å². The van der Waals surface area contributed by atoms with Crippen LogP contribution in [0.15, 0.2) is 47.2 Å². The Hall–Kier alpha value is -1.59. The van der Waals surface area contributed by atoms with E-state index in [-0.39, 0.29) is 12.5 Å². The second-order valence-corrected chi connectivity index (χ2v) is 5.27. The van der Waals surface area contributed by atoms with Crippen molar-refractivity contribution in [3.8, 4) is 0 Å². The van der Waals surface area contributed by atoms with Gasteiger partial charge >= 0.3 is 0 Å². The molecule has 0 saturated carbocycles. The van der Waals surface area contributed by atoms with Crippen LogP contribution in [0.4, 0.5) is 5.69 Å². The molecule has 0 aliphatic heterocycles. The summed E-state index contributed by atoms with van der Waals surface area (Å²) in [4.78, 5) is 11.9. The second kappa shape index (κ2) is 6.04. The van der Waals surface area contributed by atoms with Crippen LogP contribution in [0, 0.1) is 0 Å². The Kier molecular flexibility index (Phi) is 4.39. The van der Waals surface area contributed by atoms with Crippen LogP contribution < -0.4 is 5.32 Å². The molecule has 0 aliphatic carbocycles. The standard InChI is InChI=1S/C14H15BrN2O2/c1-10(18)11-5-6-17(8-11)9-14(19)16-13-4-2-3-12(15)7-13/h2-8,10,18H,9H2,1H3,(H,16,19). The zero-order valence-electron chi connectivity index (χ0n) is 10.5. The Balaban J connectivity index is 1.97. The molecule has 0 saturated heterocycles. The molecule has 4 nitrogen and oxygen atoms in total. The number of anilines is 1. The second-order valence-electron chi connectivity index (χ2n) is 4.35. The number of aliphatic hydroxyl groups is 1. The van der Waals surface area contributed by atoms with Crippen LogP contribution in [0.2, 0.25) is 0 Å². The molecule has 0 fully saturated rings. The number of halogens is 1. The van der Waals surface area contributed by atoms with Gasteiger partial charge < -0.3 is 15.0 Å². The Morgan fingerprint density at radius 2 is 2.26 bits per heavy atom. The summed E-state index contributed by atoms with van der Waals surface area (Å²) >= 11 is 3.35. The van der Waals surface area contributed by atoms with Crippen LogP contribution in [0.3, 0.4) is 0 Å². The van der Waals surface area contributed by atoms with Gasteiger partial charge in [0.05, 0.1) is 6.10 Å². The highest BCUT2D eigenvalue weighted by Gasteiger charge is 2.06. The maximum absolute atomic E-state index is 11.9. The number of hydrogen-bond donors (Lipinski definition) is 2. The lowest BCUT2D eigenvalue weighted by atomic mass is 10.2. The van der Waals surface area contributed by atoms with Crippen molar-refractivity contribution in [1.29, 1.82) is 0 Å². The molecule has 1 atom stereocenters. The van der Waals surface area contributed by atoms with Gasteiger partial charge in [-0.05, 0) is 36.8 Å². The molecular formula is C14H15BrN2O2. The van der Waals surface area contributed by atoms with E-state index in [1.54, 1.807) is 30.0 Å². The summed E-state index contributed by atoms with van der Waals surface area (Å²) in [5.41, 5.74) is 1.55. The number of nitrogens with one attached hydrogen (secondary N) is 1. The highest BCUT2D eigenvalue weighted by Crippen LogP contribution is 2.16. The monoisotopic (exact) mass is 322 g/mol. The number of amides is 1. The Labute approximate surface area is 120 Å². The van der Waals surface area contributed by atoms with E-state index in [1.165, 1.54) is 0 Å². The summed E-state index contributed by atoms with van der Waals surface area (Å²) in [6.07, 6.45) is 3.03. The zero-order chi connectivity index (χ0) is 13.8. The Bertz CT molecular complexity index is 578. The third-order valence-corrected chi connectivity index (χ3v) is 3.18. The molecule has 5 heteroatoms. The predicted molar refractivity (Wildman–Crippen MR) is 77.8 cm³/mol. The number of aliphatic hydroxyl groups excluding tert-OH is 1. The lowest BCUT2D eigenvalue weighted by Gasteiger charge is -2.06. The van der Waals surface area contributed by atoms with E-state index in [4.69, 9.17) is 0 Å². The number of benzene rings is 1. The lowest BCUT2D eigenvalue weighted by Crippen LogP contribution is -2.17. The van der Waals surface area contributed by atoms with E-state index in [0.717, 1.165) is 15.7 Å². The Morgan fingerprint density at radius 1 is 1.47 bits per heavy atom. The van der Waals surface area contributed by atoms with Gasteiger partial charge in [0.15, 0.2) is 0 Å². The van der Waals surface area contributed by atoms with Crippen molar-refractivity contribution in [2.75, 3.05) is 5.32 Å². The molecule has 1 amide bonds. The molecule has 19 heavy (non-hydrogen) atoms. The molecule has 1 aromatic heterocycles. The molecule has 1 unspecified atom stereocenters. The van der Waals surface area contributed by atoms with Crippen molar-refractivity contribution >= 4 is 27.5 Å². The molecule has 0 radical (unpaired) electrons. The molecule has 2 N–H and O–H groups in total. The van der Waals surface area contributed by atoms with Gasteiger partial charge in [-0.1, -0.05) is 22.0 Å². The number of aromatic nitrogens is 1. The minimum absolute atomic E-state index is 0.106. The van der Waals surface area contributed by atoms with Gasteiger partial charge in [-0.15, -0.1) is 0 Å². The highest BCUT2D eigenvalue weighted by atomic mass is 79.9. The summed E-state index contributed by atoms with van der Waals surface area (Å²) in [7, 11) is 0. The molecule has 2 aromatic rings. The maximum Gasteiger partial charge on any atom is 0.244 e. The highest BCUT2D eigenvalue weighted by molar-refractivity contribution is 9.10. The molecule has 2 rings (SSSR count). The smallest absolute Gasteiger partial charge is 0.244 e. The first kappa shape index (κ1) is 13.8. The van der Waals surface area contributed by atoms with Crippen LogP contribution in [0.5, 0.6) is 0 Å². The number of nitrogens with zero attached hydrogens (tertiary/aromatic N) is 1. The van der Waals surface area contributed by atoms with E-state index in [9.17, 15) is 9.90 Å². The zero-order valence-corrected chi connectivity index (χ0v) is 12.1. The van der Waals surface area contributed by atoms with E-state index >= 15 is 0 Å². The third kappa shape index (κ3) is 3.94. The number of carbonyl (C=O) groups excluding carboxylic acids is 1. The van der Waals surface area contributed by atoms with Crippen LogP contribution >= 0.6 is 15.9 Å². The van der Waals surface area contributed by atoms with Gasteiger partial charge in [-0.3, -0.25) is 4.79 Å². The van der Waals surface area contributed by atoms with Crippen LogP contribution in [0.1, 0.15) is 18.6 Å². The first-order valence-corrected chi connectivity index (χ1v) is 6.73. The topological polar surface area (TPSA) is 54.3 Å². The first-order valence-electron chi connectivity index (χ1n) is 5.94. The fourth-order valence-electron chi connectivity index (χ4n) is 1.74. The minimum atomic E-state index is -0.519. The molecular weight excluding hydrogens is 308 g/mol. The largest absolute Gasteiger partial charge is 0.389 e. The average Bonchev–Trinajstić information content (AvgIpc) is 2.77. The van der Waals surface area contributed by atoms with Gasteiger partial charge in [-0.2, -0.15) is 0 Å². The van der Waals surface area contributed by atoms with Gasteiger partial charge in [0, 0.05) is 22.6 Å². The van der Waals surface area contributed by atoms with Crippen LogP contribution in [0.25, 0.3) is 0 Å². The molecule has 0 aliphatic rings. The number of rotatable bonds is 4. The van der Waals surface area contributed by atoms with Crippen LogP contribution in [-0.4, -0.2) is 15.6 Å². The summed E-state index contributed by atoms with van der Waals surface area (Å²) in [6, 6.07) is 9.24. The minimum Gasteiger partial charge on any atom is -0.389 e. The van der Waals surface area contributed by atoms with Crippen molar-refractivity contribution in [1.82, 2.24) is 4.57 Å². The van der Waals surface area contributed by atoms with Crippen molar-refractivity contribution in [3.05, 3.63) is 52.8 Å². The van der Waals surface area contributed by atoms with Gasteiger partial charge in [0.25, 0.3) is 0 Å². The molecule has 100 valence electrons. The van der Waals surface area contributed by atoms with Gasteiger partial charge in [0.1, 0.15) is 6.54 Å². The predicted octanol–water partition coefficient (Wildman–Crippen LogP) is 2.94. The van der Waals surface area contributed by atoms with E-state index in [2.05, 4.69) is 21.2 Å². The van der Waals surface area contributed by atoms with Crippen molar-refractivity contribution < 1.29 is 9.90 Å². The maximum atomic E-state index is 11.9. The van der Waals surface area contributed by atoms with Crippen LogP contribution in [-0.2, 0) is 11.3 Å². The quantitative estimate of drug-likeness (QED) is 0.909. The van der Waals surface area contributed by atoms with E-state index in [1.807, 2.05) is 24.3 Å². The molecule has 0 spiro atoms. The SMILES string of the molecule is CC(O)c1ccn(CC(=O)Nc2cccc(Br)c2)c1. The van der Waals surface area contributed by atoms with Gasteiger partial charge in [0.2, 0.25) is 5.91 Å². The number of hydrogen-bond acceptors (Lipinski definition) is 2.